The Bertz CT molecular complexity index is 1010. The first-order valence-electron chi connectivity index (χ1n) is 8.46. The Morgan fingerprint density at radius 2 is 1.96 bits per heavy atom. The van der Waals surface area contributed by atoms with Gasteiger partial charge in [0.25, 0.3) is 10.1 Å². The smallest absolute Gasteiger partial charge is 0.264 e. The molecule has 0 saturated heterocycles. The Morgan fingerprint density at radius 1 is 1.25 bits per heavy atom. The van der Waals surface area contributed by atoms with Crippen molar-refractivity contribution in [3.05, 3.63) is 77.8 Å². The van der Waals surface area contributed by atoms with E-state index in [1.54, 1.807) is 30.5 Å². The zero-order valence-corrected chi connectivity index (χ0v) is 15.9. The van der Waals surface area contributed by atoms with E-state index in [9.17, 15) is 17.6 Å². The van der Waals surface area contributed by atoms with Crippen LogP contribution in [-0.2, 0) is 20.7 Å². The highest BCUT2D eigenvalue weighted by Crippen LogP contribution is 2.27. The first kappa shape index (κ1) is 20.0. The van der Waals surface area contributed by atoms with Crippen LogP contribution in [-0.4, -0.2) is 32.7 Å². The molecular formula is C19H20FN3O4S. The van der Waals surface area contributed by atoms with Crippen molar-refractivity contribution in [2.45, 2.75) is 12.1 Å². The number of halogens is 1. The lowest BCUT2D eigenvalue weighted by molar-refractivity contribution is 0.0919. The second-order valence-corrected chi connectivity index (χ2v) is 8.05. The Labute approximate surface area is 162 Å². The molecule has 0 spiro atoms. The van der Waals surface area contributed by atoms with E-state index in [-0.39, 0.29) is 12.4 Å². The van der Waals surface area contributed by atoms with Crippen molar-refractivity contribution in [1.82, 2.24) is 5.43 Å². The monoisotopic (exact) mass is 405 g/mol. The van der Waals surface area contributed by atoms with Crippen molar-refractivity contribution in [2.24, 2.45) is 5.73 Å². The molecule has 7 nitrogen and oxygen atoms in total. The fourth-order valence-electron chi connectivity index (χ4n) is 2.89. The largest absolute Gasteiger partial charge is 0.303 e. The van der Waals surface area contributed by atoms with Gasteiger partial charge in [-0.15, -0.1) is 0 Å². The third-order valence-corrected chi connectivity index (χ3v) is 4.83. The van der Waals surface area contributed by atoms with Gasteiger partial charge in [-0.2, -0.15) is 8.42 Å². The summed E-state index contributed by atoms with van der Waals surface area (Å²) in [5.74, 6) is -0.766. The Morgan fingerprint density at radius 3 is 2.64 bits per heavy atom. The Balaban J connectivity index is 1.81. The van der Waals surface area contributed by atoms with E-state index in [2.05, 4.69) is 5.43 Å². The quantitative estimate of drug-likeness (QED) is 0.534. The molecule has 28 heavy (non-hydrogen) atoms. The molecule has 3 rings (SSSR count). The van der Waals surface area contributed by atoms with Crippen molar-refractivity contribution in [1.29, 1.82) is 0 Å². The molecule has 1 aliphatic rings. The number of anilines is 1. The first-order valence-corrected chi connectivity index (χ1v) is 10.3. The van der Waals surface area contributed by atoms with Gasteiger partial charge in [0.2, 0.25) is 5.78 Å². The number of carbonyl (C=O) groups is 1. The van der Waals surface area contributed by atoms with E-state index in [1.165, 1.54) is 35.4 Å². The molecule has 1 atom stereocenters. The maximum atomic E-state index is 13.2. The van der Waals surface area contributed by atoms with Crippen molar-refractivity contribution >= 4 is 21.6 Å². The summed E-state index contributed by atoms with van der Waals surface area (Å²) in [4.78, 5) is 13.1. The number of hydrogen-bond donors (Lipinski definition) is 2. The number of hydrogen-bond acceptors (Lipinski definition) is 7. The van der Waals surface area contributed by atoms with Gasteiger partial charge in [0, 0.05) is 11.8 Å². The number of Topliss-reactive ketones (excluding diaryl/α,β-unsaturated/α-hetero) is 1. The lowest BCUT2D eigenvalue weighted by Gasteiger charge is -2.34. The third-order valence-electron chi connectivity index (χ3n) is 4.24. The van der Waals surface area contributed by atoms with Crippen LogP contribution in [0.4, 0.5) is 10.1 Å². The molecule has 0 saturated carbocycles. The second kappa shape index (κ2) is 7.70. The molecule has 2 aromatic carbocycles. The zero-order valence-electron chi connectivity index (χ0n) is 15.1. The molecule has 9 heteroatoms. The summed E-state index contributed by atoms with van der Waals surface area (Å²) in [5.41, 5.74) is 9.41. The van der Waals surface area contributed by atoms with Gasteiger partial charge in [0.05, 0.1) is 18.6 Å². The van der Waals surface area contributed by atoms with Gasteiger partial charge >= 0.3 is 0 Å². The predicted octanol–water partition coefficient (Wildman–Crippen LogP) is 1.72. The van der Waals surface area contributed by atoms with Crippen molar-refractivity contribution in [3.63, 3.8) is 0 Å². The van der Waals surface area contributed by atoms with Gasteiger partial charge in [-0.1, -0.05) is 18.2 Å². The van der Waals surface area contributed by atoms with Crippen LogP contribution >= 0.6 is 0 Å². The van der Waals surface area contributed by atoms with Crippen LogP contribution in [0.2, 0.25) is 0 Å². The number of ketones is 1. The average molecular weight is 405 g/mol. The fraction of sp³-hybridized carbons (Fsp3) is 0.211. The van der Waals surface area contributed by atoms with E-state index >= 15 is 0 Å². The highest BCUT2D eigenvalue weighted by molar-refractivity contribution is 7.85. The van der Waals surface area contributed by atoms with Crippen molar-refractivity contribution in [3.8, 4) is 0 Å². The van der Waals surface area contributed by atoms with Gasteiger partial charge in [-0.3, -0.25) is 19.7 Å². The summed E-state index contributed by atoms with van der Waals surface area (Å²) < 4.78 is 40.1. The van der Waals surface area contributed by atoms with E-state index in [1.807, 2.05) is 0 Å². The van der Waals surface area contributed by atoms with Crippen LogP contribution in [0.25, 0.3) is 0 Å². The summed E-state index contributed by atoms with van der Waals surface area (Å²) in [6.45, 7) is -0.0204. The topological polar surface area (TPSA) is 102 Å². The SMILES string of the molecule is CS(=O)(=O)OCCc1cccc(C(=O)C2(N)C=CNN2c2ccc(F)cc2)c1. The van der Waals surface area contributed by atoms with Crippen LogP contribution in [0, 0.1) is 5.82 Å². The van der Waals surface area contributed by atoms with Crippen molar-refractivity contribution < 1.29 is 21.8 Å². The molecule has 0 bridgehead atoms. The molecule has 0 radical (unpaired) electrons. The third kappa shape index (κ3) is 4.38. The molecule has 3 N–H and O–H groups in total. The maximum Gasteiger partial charge on any atom is 0.264 e. The molecule has 1 aliphatic heterocycles. The minimum atomic E-state index is -3.52. The van der Waals surface area contributed by atoms with Crippen LogP contribution < -0.4 is 16.2 Å². The zero-order chi connectivity index (χ0) is 20.4. The molecule has 0 fully saturated rings. The molecule has 148 valence electrons. The van der Waals surface area contributed by atoms with Gasteiger partial charge in [-0.25, -0.2) is 4.39 Å². The minimum Gasteiger partial charge on any atom is -0.303 e. The van der Waals surface area contributed by atoms with Gasteiger partial charge in [0.15, 0.2) is 5.66 Å². The molecule has 1 heterocycles. The summed E-state index contributed by atoms with van der Waals surface area (Å²) in [6.07, 6.45) is 4.37. The number of nitrogens with two attached hydrogens (primary N) is 1. The molecule has 0 aliphatic carbocycles. The molecule has 2 aromatic rings. The highest BCUT2D eigenvalue weighted by atomic mass is 32.2. The van der Waals surface area contributed by atoms with Crippen LogP contribution in [0.5, 0.6) is 0 Å². The Kier molecular flexibility index (Phi) is 5.50. The number of rotatable bonds is 7. The fourth-order valence-corrected chi connectivity index (χ4v) is 3.27. The lowest BCUT2D eigenvalue weighted by atomic mass is 9.96. The second-order valence-electron chi connectivity index (χ2n) is 6.41. The molecule has 0 aromatic heterocycles. The van der Waals surface area contributed by atoms with Crippen LogP contribution in [0.15, 0.2) is 60.8 Å². The van der Waals surface area contributed by atoms with E-state index in [0.717, 1.165) is 11.8 Å². The predicted molar refractivity (Wildman–Crippen MR) is 103 cm³/mol. The van der Waals surface area contributed by atoms with Gasteiger partial charge in [0.1, 0.15) is 5.82 Å². The van der Waals surface area contributed by atoms with Crippen molar-refractivity contribution in [2.75, 3.05) is 17.9 Å². The maximum absolute atomic E-state index is 13.2. The number of nitrogens with one attached hydrogen (secondary N) is 1. The van der Waals surface area contributed by atoms with E-state index in [4.69, 9.17) is 9.92 Å². The Hall–Kier alpha value is -2.75. The van der Waals surface area contributed by atoms with Crippen LogP contribution in [0.1, 0.15) is 15.9 Å². The molecular weight excluding hydrogens is 385 g/mol. The average Bonchev–Trinajstić information content (AvgIpc) is 3.04. The lowest BCUT2D eigenvalue weighted by Crippen LogP contribution is -2.61. The van der Waals surface area contributed by atoms with Crippen LogP contribution in [0.3, 0.4) is 0 Å². The van der Waals surface area contributed by atoms with E-state index in [0.29, 0.717) is 17.7 Å². The number of hydrazine groups is 1. The summed E-state index contributed by atoms with van der Waals surface area (Å²) in [5, 5.41) is 1.45. The normalized spacial score (nSPS) is 18.9. The van der Waals surface area contributed by atoms with Gasteiger partial charge in [-0.05, 0) is 48.4 Å². The number of carbonyl (C=O) groups excluding carboxylic acids is 1. The van der Waals surface area contributed by atoms with E-state index < -0.39 is 21.6 Å². The molecule has 1 unspecified atom stereocenters. The van der Waals surface area contributed by atoms with Gasteiger partial charge < -0.3 is 5.43 Å². The summed E-state index contributed by atoms with van der Waals surface area (Å²) >= 11 is 0. The standard InChI is InChI=1S/C19H20FN3O4S/c1-28(25,26)27-12-9-14-3-2-4-15(13-14)18(24)19(21)10-11-22-23(19)17-7-5-16(20)6-8-17/h2-8,10-11,13,22H,9,12,21H2,1H3. The summed E-state index contributed by atoms with van der Waals surface area (Å²) in [6, 6.07) is 12.3. The minimum absolute atomic E-state index is 0.0204. The number of benzene rings is 2. The summed E-state index contributed by atoms with van der Waals surface area (Å²) in [7, 11) is -3.52. The molecule has 0 amide bonds. The number of nitrogens with zero attached hydrogens (tertiary/aromatic N) is 1. The highest BCUT2D eigenvalue weighted by Gasteiger charge is 2.42. The first-order chi connectivity index (χ1) is 13.2.